The van der Waals surface area contributed by atoms with Crippen LogP contribution in [0.5, 0.6) is 11.5 Å². The summed E-state index contributed by atoms with van der Waals surface area (Å²) in [5, 5.41) is 6.84. The molecule has 28 heavy (non-hydrogen) atoms. The molecule has 3 rings (SSSR count). The SMILES string of the molecule is CC1(C)CC(NC(=O)c2ccc(Oc3ccccc3CN)cc2)CC(C)(C)N1. The molecule has 1 aliphatic heterocycles. The maximum Gasteiger partial charge on any atom is 0.251 e. The van der Waals surface area contributed by atoms with Crippen molar-refractivity contribution in [1.29, 1.82) is 0 Å². The predicted molar refractivity (Wildman–Crippen MR) is 113 cm³/mol. The standard InChI is InChI=1S/C23H31N3O2/c1-22(2)13-18(14-23(3,4)26-22)25-21(27)16-9-11-19(12-10-16)28-20-8-6-5-7-17(20)15-24/h5-12,18,26H,13-15,24H2,1-4H3,(H,25,27). The van der Waals surface area contributed by atoms with Gasteiger partial charge in [0.15, 0.2) is 0 Å². The van der Waals surface area contributed by atoms with Gasteiger partial charge in [-0.3, -0.25) is 4.79 Å². The van der Waals surface area contributed by atoms with Crippen LogP contribution in [0.1, 0.15) is 56.5 Å². The number of nitrogens with one attached hydrogen (secondary N) is 2. The molecule has 2 aromatic carbocycles. The molecule has 1 heterocycles. The Kier molecular flexibility index (Phi) is 5.77. The van der Waals surface area contributed by atoms with Gasteiger partial charge in [-0.15, -0.1) is 0 Å². The zero-order valence-corrected chi connectivity index (χ0v) is 17.2. The maximum atomic E-state index is 12.7. The molecule has 2 aromatic rings. The minimum atomic E-state index is -0.0487. The van der Waals surface area contributed by atoms with Crippen molar-refractivity contribution in [2.75, 3.05) is 0 Å². The van der Waals surface area contributed by atoms with Crippen LogP contribution in [0.4, 0.5) is 0 Å². The number of ether oxygens (including phenoxy) is 1. The highest BCUT2D eigenvalue weighted by Gasteiger charge is 2.38. The Morgan fingerprint density at radius 2 is 1.68 bits per heavy atom. The molecule has 0 unspecified atom stereocenters. The Bertz CT molecular complexity index is 812. The zero-order chi connectivity index (χ0) is 20.4. The first-order valence-electron chi connectivity index (χ1n) is 9.84. The minimum Gasteiger partial charge on any atom is -0.457 e. The molecule has 0 radical (unpaired) electrons. The number of para-hydroxylation sites is 1. The van der Waals surface area contributed by atoms with Gasteiger partial charge in [0.1, 0.15) is 11.5 Å². The molecule has 0 saturated carbocycles. The van der Waals surface area contributed by atoms with Gasteiger partial charge in [-0.2, -0.15) is 0 Å². The van der Waals surface area contributed by atoms with Gasteiger partial charge >= 0.3 is 0 Å². The summed E-state index contributed by atoms with van der Waals surface area (Å²) in [5.41, 5.74) is 7.32. The van der Waals surface area contributed by atoms with E-state index in [-0.39, 0.29) is 23.0 Å². The average Bonchev–Trinajstić information content (AvgIpc) is 2.60. The fourth-order valence-electron chi connectivity index (χ4n) is 4.27. The van der Waals surface area contributed by atoms with Gasteiger partial charge in [0.05, 0.1) is 0 Å². The summed E-state index contributed by atoms with van der Waals surface area (Å²) in [6.07, 6.45) is 1.80. The summed E-state index contributed by atoms with van der Waals surface area (Å²) in [6, 6.07) is 15.1. The highest BCUT2D eigenvalue weighted by atomic mass is 16.5. The van der Waals surface area contributed by atoms with E-state index in [1.54, 1.807) is 12.1 Å². The summed E-state index contributed by atoms with van der Waals surface area (Å²) >= 11 is 0. The van der Waals surface area contributed by atoms with E-state index in [1.807, 2.05) is 36.4 Å². The second kappa shape index (κ2) is 7.94. The summed E-state index contributed by atoms with van der Waals surface area (Å²) in [5.74, 6) is 1.37. The van der Waals surface area contributed by atoms with Gasteiger partial charge in [-0.05, 0) is 70.9 Å². The fourth-order valence-corrected chi connectivity index (χ4v) is 4.27. The molecule has 1 saturated heterocycles. The lowest BCUT2D eigenvalue weighted by Gasteiger charge is -2.46. The van der Waals surface area contributed by atoms with Crippen molar-refractivity contribution in [3.63, 3.8) is 0 Å². The lowest BCUT2D eigenvalue weighted by atomic mass is 9.79. The number of benzene rings is 2. The third-order valence-electron chi connectivity index (χ3n) is 5.06. The van der Waals surface area contributed by atoms with Gasteiger partial charge in [0, 0.05) is 34.8 Å². The molecule has 5 nitrogen and oxygen atoms in total. The molecular weight excluding hydrogens is 350 g/mol. The molecule has 0 aromatic heterocycles. The first-order chi connectivity index (χ1) is 13.2. The second-order valence-corrected chi connectivity index (χ2v) is 8.91. The fraction of sp³-hybridized carbons (Fsp3) is 0.435. The number of rotatable bonds is 5. The Hall–Kier alpha value is -2.37. The van der Waals surface area contributed by atoms with Crippen molar-refractivity contribution in [3.8, 4) is 11.5 Å². The quantitative estimate of drug-likeness (QED) is 0.732. The minimum absolute atomic E-state index is 0.00617. The maximum absolute atomic E-state index is 12.7. The topological polar surface area (TPSA) is 76.4 Å². The van der Waals surface area contributed by atoms with Crippen LogP contribution in [0.15, 0.2) is 48.5 Å². The smallest absolute Gasteiger partial charge is 0.251 e. The molecule has 5 heteroatoms. The van der Waals surface area contributed by atoms with Crippen molar-refractivity contribution in [2.45, 2.75) is 64.2 Å². The third kappa shape index (κ3) is 5.12. The molecule has 0 spiro atoms. The number of carbonyl (C=O) groups excluding carboxylic acids is 1. The van der Waals surface area contributed by atoms with Crippen LogP contribution in [0, 0.1) is 0 Å². The Balaban J connectivity index is 1.65. The first kappa shape index (κ1) is 20.4. The van der Waals surface area contributed by atoms with Crippen molar-refractivity contribution >= 4 is 5.91 Å². The van der Waals surface area contributed by atoms with Crippen LogP contribution >= 0.6 is 0 Å². The highest BCUT2D eigenvalue weighted by molar-refractivity contribution is 5.94. The van der Waals surface area contributed by atoms with Crippen LogP contribution < -0.4 is 21.1 Å². The van der Waals surface area contributed by atoms with Crippen molar-refractivity contribution in [3.05, 3.63) is 59.7 Å². The lowest BCUT2D eigenvalue weighted by molar-refractivity contribution is 0.0873. The Morgan fingerprint density at radius 1 is 1.07 bits per heavy atom. The molecule has 1 aliphatic rings. The van der Waals surface area contributed by atoms with E-state index in [2.05, 4.69) is 38.3 Å². The summed E-state index contributed by atoms with van der Waals surface area (Å²) in [6.45, 7) is 9.13. The molecular formula is C23H31N3O2. The molecule has 0 atom stereocenters. The second-order valence-electron chi connectivity index (χ2n) is 8.91. The normalized spacial score (nSPS) is 18.5. The van der Waals surface area contributed by atoms with E-state index in [1.165, 1.54) is 0 Å². The number of nitrogens with two attached hydrogens (primary N) is 1. The van der Waals surface area contributed by atoms with Gasteiger partial charge in [0.2, 0.25) is 0 Å². The summed E-state index contributed by atoms with van der Waals surface area (Å²) in [4.78, 5) is 12.7. The van der Waals surface area contributed by atoms with Gasteiger partial charge in [-0.1, -0.05) is 18.2 Å². The number of hydrogen-bond acceptors (Lipinski definition) is 4. The van der Waals surface area contributed by atoms with Crippen molar-refractivity contribution in [2.24, 2.45) is 5.73 Å². The number of piperidine rings is 1. The van der Waals surface area contributed by atoms with E-state index in [0.717, 1.165) is 24.2 Å². The number of amides is 1. The molecule has 150 valence electrons. The number of carbonyl (C=O) groups is 1. The monoisotopic (exact) mass is 381 g/mol. The van der Waals surface area contributed by atoms with Crippen LogP contribution in [-0.4, -0.2) is 23.0 Å². The third-order valence-corrected chi connectivity index (χ3v) is 5.06. The molecule has 0 aliphatic carbocycles. The zero-order valence-electron chi connectivity index (χ0n) is 17.2. The van der Waals surface area contributed by atoms with Crippen LogP contribution in [0.3, 0.4) is 0 Å². The molecule has 4 N–H and O–H groups in total. The first-order valence-corrected chi connectivity index (χ1v) is 9.84. The van der Waals surface area contributed by atoms with Gasteiger partial charge in [0.25, 0.3) is 5.91 Å². The van der Waals surface area contributed by atoms with E-state index < -0.39 is 0 Å². The van der Waals surface area contributed by atoms with Crippen LogP contribution in [0.25, 0.3) is 0 Å². The lowest BCUT2D eigenvalue weighted by Crippen LogP contribution is -2.62. The highest BCUT2D eigenvalue weighted by Crippen LogP contribution is 2.29. The largest absolute Gasteiger partial charge is 0.457 e. The average molecular weight is 382 g/mol. The van der Waals surface area contributed by atoms with Crippen LogP contribution in [-0.2, 0) is 6.54 Å². The Labute approximate surface area is 167 Å². The molecule has 0 bridgehead atoms. The Morgan fingerprint density at radius 3 is 2.29 bits per heavy atom. The van der Waals surface area contributed by atoms with Gasteiger partial charge in [-0.25, -0.2) is 0 Å². The van der Waals surface area contributed by atoms with Crippen molar-refractivity contribution in [1.82, 2.24) is 10.6 Å². The van der Waals surface area contributed by atoms with Crippen molar-refractivity contribution < 1.29 is 9.53 Å². The van der Waals surface area contributed by atoms with Crippen LogP contribution in [0.2, 0.25) is 0 Å². The van der Waals surface area contributed by atoms with Gasteiger partial charge < -0.3 is 21.1 Å². The van der Waals surface area contributed by atoms with E-state index in [4.69, 9.17) is 10.5 Å². The number of hydrogen-bond donors (Lipinski definition) is 3. The van der Waals surface area contributed by atoms with E-state index >= 15 is 0 Å². The van der Waals surface area contributed by atoms with E-state index in [9.17, 15) is 4.79 Å². The molecule has 1 fully saturated rings. The summed E-state index contributed by atoms with van der Waals surface area (Å²) < 4.78 is 5.92. The summed E-state index contributed by atoms with van der Waals surface area (Å²) in [7, 11) is 0. The predicted octanol–water partition coefficient (Wildman–Crippen LogP) is 3.98. The molecule has 1 amide bonds. The van der Waals surface area contributed by atoms with E-state index in [0.29, 0.717) is 17.9 Å².